The van der Waals surface area contributed by atoms with Crippen molar-refractivity contribution in [2.75, 3.05) is 32.0 Å². The quantitative estimate of drug-likeness (QED) is 0.204. The average molecular weight is 506 g/mol. The Morgan fingerprint density at radius 1 is 0.946 bits per heavy atom. The minimum Gasteiger partial charge on any atom is -0.370 e. The van der Waals surface area contributed by atoms with Crippen LogP contribution in [0.25, 0.3) is 16.9 Å². The lowest BCUT2D eigenvalue weighted by Gasteiger charge is -2.25. The fourth-order valence-electron chi connectivity index (χ4n) is 4.66. The SMILES string of the molecule is [B]c1cnn2c(NCCCN(C)CC(c3ccccc3)c3ccccc3)cc(-c3ccccc3Cl)nc12. The van der Waals surface area contributed by atoms with Gasteiger partial charge < -0.3 is 10.2 Å². The van der Waals surface area contributed by atoms with Gasteiger partial charge >= 0.3 is 0 Å². The molecule has 0 fully saturated rings. The molecule has 1 N–H and O–H groups in total. The third-order valence-corrected chi connectivity index (χ3v) is 6.90. The van der Waals surface area contributed by atoms with E-state index in [4.69, 9.17) is 24.4 Å². The van der Waals surface area contributed by atoms with Crippen LogP contribution in [-0.2, 0) is 0 Å². The zero-order valence-electron chi connectivity index (χ0n) is 20.9. The van der Waals surface area contributed by atoms with E-state index in [1.165, 1.54) is 11.1 Å². The summed E-state index contributed by atoms with van der Waals surface area (Å²) in [5.41, 5.74) is 5.44. The van der Waals surface area contributed by atoms with E-state index in [1.807, 2.05) is 30.3 Å². The van der Waals surface area contributed by atoms with Crippen molar-refractivity contribution in [3.8, 4) is 11.3 Å². The zero-order chi connectivity index (χ0) is 25.6. The van der Waals surface area contributed by atoms with Gasteiger partial charge in [-0.15, -0.1) is 0 Å². The van der Waals surface area contributed by atoms with Crippen LogP contribution in [-0.4, -0.2) is 54.0 Å². The monoisotopic (exact) mass is 505 g/mol. The summed E-state index contributed by atoms with van der Waals surface area (Å²) < 4.78 is 1.75. The molecule has 0 atom stereocenters. The van der Waals surface area contributed by atoms with Crippen molar-refractivity contribution in [3.63, 3.8) is 0 Å². The summed E-state index contributed by atoms with van der Waals surface area (Å²) in [4.78, 5) is 7.11. The van der Waals surface area contributed by atoms with Gasteiger partial charge in [0.25, 0.3) is 0 Å². The van der Waals surface area contributed by atoms with Gasteiger partial charge in [-0.25, -0.2) is 4.98 Å². The smallest absolute Gasteiger partial charge is 0.150 e. The van der Waals surface area contributed by atoms with Crippen molar-refractivity contribution in [2.45, 2.75) is 12.3 Å². The van der Waals surface area contributed by atoms with E-state index in [2.05, 4.69) is 83.0 Å². The van der Waals surface area contributed by atoms with Crippen LogP contribution in [0.2, 0.25) is 5.02 Å². The van der Waals surface area contributed by atoms with Crippen molar-refractivity contribution in [1.82, 2.24) is 19.5 Å². The summed E-state index contributed by atoms with van der Waals surface area (Å²) in [6.45, 7) is 2.68. The largest absolute Gasteiger partial charge is 0.370 e. The molecule has 0 unspecified atom stereocenters. The highest BCUT2D eigenvalue weighted by molar-refractivity contribution is 6.36. The second kappa shape index (κ2) is 11.6. The minimum atomic E-state index is 0.324. The molecule has 2 radical (unpaired) electrons. The maximum absolute atomic E-state index is 6.45. The molecule has 5 aromatic rings. The molecule has 0 aliphatic carbocycles. The molecule has 3 aromatic carbocycles. The molecule has 7 heteroatoms. The Kier molecular flexibility index (Phi) is 7.88. The Bertz CT molecular complexity index is 1420. The maximum atomic E-state index is 6.45. The van der Waals surface area contributed by atoms with E-state index in [9.17, 15) is 0 Å². The number of likely N-dealkylation sites (N-methyl/N-ethyl adjacent to an activating group) is 1. The molecule has 0 spiro atoms. The number of fused-ring (bicyclic) bond motifs is 1. The predicted octanol–water partition coefficient (Wildman–Crippen LogP) is 5.41. The minimum absolute atomic E-state index is 0.324. The zero-order valence-corrected chi connectivity index (χ0v) is 21.6. The summed E-state index contributed by atoms with van der Waals surface area (Å²) >= 11 is 6.45. The Labute approximate surface area is 224 Å². The van der Waals surface area contributed by atoms with Crippen LogP contribution in [0, 0.1) is 0 Å². The van der Waals surface area contributed by atoms with E-state index in [0.717, 1.165) is 43.1 Å². The van der Waals surface area contributed by atoms with Crippen LogP contribution in [0.1, 0.15) is 23.5 Å². The van der Waals surface area contributed by atoms with Crippen LogP contribution >= 0.6 is 11.6 Å². The van der Waals surface area contributed by atoms with Gasteiger partial charge in [-0.1, -0.05) is 90.5 Å². The number of halogens is 1. The molecule has 0 aliphatic heterocycles. The van der Waals surface area contributed by atoms with Crippen LogP contribution < -0.4 is 10.8 Å². The van der Waals surface area contributed by atoms with Crippen LogP contribution in [0.3, 0.4) is 0 Å². The molecular weight excluding hydrogens is 477 g/mol. The molecule has 5 nitrogen and oxygen atoms in total. The number of hydrogen-bond acceptors (Lipinski definition) is 4. The number of nitrogens with one attached hydrogen (secondary N) is 1. The second-order valence-corrected chi connectivity index (χ2v) is 9.67. The normalized spacial score (nSPS) is 11.5. The van der Waals surface area contributed by atoms with Crippen LogP contribution in [0.15, 0.2) is 97.2 Å². The topological polar surface area (TPSA) is 45.5 Å². The molecule has 0 bridgehead atoms. The molecule has 0 amide bonds. The molecule has 0 saturated heterocycles. The third-order valence-electron chi connectivity index (χ3n) is 6.57. The number of rotatable bonds is 10. The predicted molar refractivity (Wildman–Crippen MR) is 154 cm³/mol. The van der Waals surface area contributed by atoms with E-state index in [-0.39, 0.29) is 0 Å². The second-order valence-electron chi connectivity index (χ2n) is 9.26. The Morgan fingerprint density at radius 3 is 2.27 bits per heavy atom. The summed E-state index contributed by atoms with van der Waals surface area (Å²) in [6, 6.07) is 31.1. The Balaban J connectivity index is 1.26. The molecule has 37 heavy (non-hydrogen) atoms. The summed E-state index contributed by atoms with van der Waals surface area (Å²) in [6.07, 6.45) is 2.60. The Hall–Kier alpha value is -3.61. The van der Waals surface area contributed by atoms with Crippen LogP contribution in [0.4, 0.5) is 5.82 Å². The first-order chi connectivity index (χ1) is 18.1. The highest BCUT2D eigenvalue weighted by atomic mass is 35.5. The van der Waals surface area contributed by atoms with E-state index in [0.29, 0.717) is 22.1 Å². The van der Waals surface area contributed by atoms with Crippen LogP contribution in [0.5, 0.6) is 0 Å². The van der Waals surface area contributed by atoms with Gasteiger partial charge in [0, 0.05) is 41.9 Å². The lowest BCUT2D eigenvalue weighted by molar-refractivity contribution is 0.322. The molecule has 184 valence electrons. The van der Waals surface area contributed by atoms with Crippen molar-refractivity contribution < 1.29 is 0 Å². The summed E-state index contributed by atoms with van der Waals surface area (Å²) in [5, 5.41) is 8.61. The van der Waals surface area contributed by atoms with Crippen molar-refractivity contribution >= 4 is 36.4 Å². The third kappa shape index (κ3) is 5.87. The number of aromatic nitrogens is 3. The molecule has 0 aliphatic rings. The lowest BCUT2D eigenvalue weighted by Crippen LogP contribution is -2.27. The van der Waals surface area contributed by atoms with Gasteiger partial charge in [-0.2, -0.15) is 9.61 Å². The Morgan fingerprint density at radius 2 is 1.59 bits per heavy atom. The first kappa shape index (κ1) is 25.1. The number of hydrogen-bond donors (Lipinski definition) is 1. The van der Waals surface area contributed by atoms with Gasteiger partial charge in [-0.3, -0.25) is 0 Å². The van der Waals surface area contributed by atoms with Gasteiger partial charge in [0.05, 0.1) is 5.69 Å². The lowest BCUT2D eigenvalue weighted by atomic mass is 9.91. The average Bonchev–Trinajstić information content (AvgIpc) is 3.31. The van der Waals surface area contributed by atoms with Crippen molar-refractivity contribution in [1.29, 1.82) is 0 Å². The molecule has 2 heterocycles. The first-order valence-electron chi connectivity index (χ1n) is 12.5. The maximum Gasteiger partial charge on any atom is 0.150 e. The van der Waals surface area contributed by atoms with Crippen molar-refractivity contribution in [3.05, 3.63) is 113 Å². The fourth-order valence-corrected chi connectivity index (χ4v) is 4.89. The van der Waals surface area contributed by atoms with Crippen molar-refractivity contribution in [2.24, 2.45) is 0 Å². The highest BCUT2D eigenvalue weighted by Crippen LogP contribution is 2.28. The highest BCUT2D eigenvalue weighted by Gasteiger charge is 2.16. The van der Waals surface area contributed by atoms with Gasteiger partial charge in [0.2, 0.25) is 0 Å². The summed E-state index contributed by atoms with van der Waals surface area (Å²) in [7, 11) is 8.34. The van der Waals surface area contributed by atoms with Gasteiger partial charge in [-0.05, 0) is 42.7 Å². The molecular formula is C30H29BClN5. The van der Waals surface area contributed by atoms with E-state index >= 15 is 0 Å². The number of anilines is 1. The van der Waals surface area contributed by atoms with E-state index < -0.39 is 0 Å². The molecule has 0 saturated carbocycles. The first-order valence-corrected chi connectivity index (χ1v) is 12.9. The number of benzene rings is 3. The van der Waals surface area contributed by atoms with Gasteiger partial charge in [0.1, 0.15) is 13.7 Å². The summed E-state index contributed by atoms with van der Waals surface area (Å²) in [5.74, 6) is 1.16. The number of nitrogens with zero attached hydrogens (tertiary/aromatic N) is 4. The van der Waals surface area contributed by atoms with Gasteiger partial charge in [0.15, 0.2) is 5.65 Å². The molecule has 2 aromatic heterocycles. The standard InChI is InChI=1S/C30H29BClN5/c1-36(21-25(22-11-4-2-5-12-22)23-13-6-3-7-14-23)18-10-17-33-29-19-28(24-15-8-9-16-27(24)32)35-30-26(31)20-34-37(29)30/h2-9,11-16,19-20,25,33H,10,17-18,21H2,1H3. The molecule has 5 rings (SSSR count). The van der Waals surface area contributed by atoms with E-state index in [1.54, 1.807) is 10.7 Å². The fraction of sp³-hybridized carbons (Fsp3) is 0.200.